The van der Waals surface area contributed by atoms with Crippen LogP contribution in [0.1, 0.15) is 51.1 Å². The summed E-state index contributed by atoms with van der Waals surface area (Å²) < 4.78 is 0. The first-order chi connectivity index (χ1) is 15.4. The molecule has 8 heteroatoms. The van der Waals surface area contributed by atoms with Crippen LogP contribution in [0.3, 0.4) is 0 Å². The molecule has 2 amide bonds. The molecule has 0 aliphatic rings. The lowest BCUT2D eigenvalue weighted by molar-refractivity contribution is -0.129. The molecule has 0 spiro atoms. The van der Waals surface area contributed by atoms with Crippen LogP contribution < -0.4 is 10.6 Å². The van der Waals surface area contributed by atoms with Crippen molar-refractivity contribution in [2.75, 3.05) is 20.6 Å². The third-order valence-corrected chi connectivity index (χ3v) is 5.91. The molecule has 1 aromatic heterocycles. The summed E-state index contributed by atoms with van der Waals surface area (Å²) in [5.74, 6) is -0.135. The average Bonchev–Trinajstić information content (AvgIpc) is 3.25. The van der Waals surface area contributed by atoms with Crippen LogP contribution >= 0.6 is 11.3 Å². The number of hydrogen-bond acceptors (Lipinski definition) is 6. The summed E-state index contributed by atoms with van der Waals surface area (Å²) in [6, 6.07) is 9.31. The molecule has 32 heavy (non-hydrogen) atoms. The number of ketones is 1. The molecule has 1 atom stereocenters. The number of carbonyl (C=O) groups is 3. The number of aromatic nitrogens is 1. The van der Waals surface area contributed by atoms with E-state index in [4.69, 9.17) is 0 Å². The van der Waals surface area contributed by atoms with E-state index in [1.165, 1.54) is 11.3 Å². The van der Waals surface area contributed by atoms with Crippen LogP contribution in [-0.2, 0) is 20.9 Å². The zero-order chi connectivity index (χ0) is 23.3. The maximum Gasteiger partial charge on any atom is 0.242 e. The number of nitrogens with zero attached hydrogens (tertiary/aromatic N) is 2. The van der Waals surface area contributed by atoms with Gasteiger partial charge in [0.15, 0.2) is 0 Å². The number of rotatable bonds is 14. The van der Waals surface area contributed by atoms with Crippen LogP contribution in [0.5, 0.6) is 0 Å². The van der Waals surface area contributed by atoms with E-state index in [-0.39, 0.29) is 24.1 Å². The molecule has 2 N–H and O–H groups in total. The molecule has 0 aliphatic heterocycles. The summed E-state index contributed by atoms with van der Waals surface area (Å²) in [5, 5.41) is 8.61. The highest BCUT2D eigenvalue weighted by Gasteiger charge is 2.21. The smallest absolute Gasteiger partial charge is 0.242 e. The van der Waals surface area contributed by atoms with Gasteiger partial charge in [0.2, 0.25) is 11.8 Å². The number of likely N-dealkylation sites (N-methyl/N-ethyl adjacent to an activating group) is 1. The Balaban J connectivity index is 1.89. The standard InChI is InChI=1S/C24H34N4O3S/c1-4-20(29)13-9-6-10-14-21(27-22(30)16-28(2)3)23(31)25-15-19-17-32-24(26-19)18-11-7-5-8-12-18/h5,7-8,11-12,17,21H,4,6,9-10,13-16H2,1-3H3,(H,25,31)(H,27,30). The molecule has 1 unspecified atom stereocenters. The molecule has 174 valence electrons. The van der Waals surface area contributed by atoms with E-state index in [0.717, 1.165) is 35.5 Å². The van der Waals surface area contributed by atoms with Crippen molar-refractivity contribution in [3.8, 4) is 10.6 Å². The fraction of sp³-hybridized carbons (Fsp3) is 0.500. The molecule has 7 nitrogen and oxygen atoms in total. The highest BCUT2D eigenvalue weighted by atomic mass is 32.1. The van der Waals surface area contributed by atoms with Crippen molar-refractivity contribution in [3.05, 3.63) is 41.4 Å². The molecule has 0 bridgehead atoms. The average molecular weight is 459 g/mol. The van der Waals surface area contributed by atoms with Gasteiger partial charge in [-0.15, -0.1) is 11.3 Å². The van der Waals surface area contributed by atoms with Crippen LogP contribution in [0.25, 0.3) is 10.6 Å². The highest BCUT2D eigenvalue weighted by molar-refractivity contribution is 7.13. The van der Waals surface area contributed by atoms with Gasteiger partial charge < -0.3 is 15.5 Å². The number of nitrogens with one attached hydrogen (secondary N) is 2. The van der Waals surface area contributed by atoms with Crippen molar-refractivity contribution in [1.82, 2.24) is 20.5 Å². The van der Waals surface area contributed by atoms with Gasteiger partial charge in [-0.25, -0.2) is 4.98 Å². The van der Waals surface area contributed by atoms with E-state index in [1.807, 2.05) is 56.7 Å². The van der Waals surface area contributed by atoms with Crippen LogP contribution in [0, 0.1) is 0 Å². The Morgan fingerprint density at radius 2 is 1.84 bits per heavy atom. The lowest BCUT2D eigenvalue weighted by atomic mass is 10.0. The Bertz CT molecular complexity index is 867. The Kier molecular flexibility index (Phi) is 11.0. The maximum atomic E-state index is 12.8. The van der Waals surface area contributed by atoms with Crippen molar-refractivity contribution >= 4 is 28.9 Å². The third-order valence-electron chi connectivity index (χ3n) is 4.97. The van der Waals surface area contributed by atoms with Crippen LogP contribution in [-0.4, -0.2) is 54.2 Å². The summed E-state index contributed by atoms with van der Waals surface area (Å²) in [5.41, 5.74) is 1.84. The second-order valence-electron chi connectivity index (χ2n) is 8.08. The summed E-state index contributed by atoms with van der Waals surface area (Å²) in [4.78, 5) is 42.9. The zero-order valence-corrected chi connectivity index (χ0v) is 20.0. The Morgan fingerprint density at radius 3 is 2.53 bits per heavy atom. The van der Waals surface area contributed by atoms with Gasteiger partial charge in [0, 0.05) is 23.8 Å². The van der Waals surface area contributed by atoms with Gasteiger partial charge in [0.05, 0.1) is 18.8 Å². The molecule has 0 fully saturated rings. The van der Waals surface area contributed by atoms with E-state index in [9.17, 15) is 14.4 Å². The second kappa shape index (κ2) is 13.8. The van der Waals surface area contributed by atoms with E-state index in [2.05, 4.69) is 15.6 Å². The number of thiazole rings is 1. The number of hydrogen-bond donors (Lipinski definition) is 2. The van der Waals surface area contributed by atoms with E-state index in [0.29, 0.717) is 25.8 Å². The molecule has 1 aromatic carbocycles. The van der Waals surface area contributed by atoms with Crippen LogP contribution in [0.2, 0.25) is 0 Å². The lowest BCUT2D eigenvalue weighted by Gasteiger charge is -2.19. The van der Waals surface area contributed by atoms with Crippen molar-refractivity contribution in [1.29, 1.82) is 0 Å². The number of unbranched alkanes of at least 4 members (excludes halogenated alkanes) is 2. The van der Waals surface area contributed by atoms with Crippen LogP contribution in [0.4, 0.5) is 0 Å². The zero-order valence-electron chi connectivity index (χ0n) is 19.2. The SMILES string of the molecule is CCC(=O)CCCCCC(NC(=O)CN(C)C)C(=O)NCc1csc(-c2ccccc2)n1. The fourth-order valence-corrected chi connectivity index (χ4v) is 4.05. The van der Waals surface area contributed by atoms with Gasteiger partial charge in [-0.05, 0) is 26.9 Å². The minimum absolute atomic E-state index is 0.184. The van der Waals surface area contributed by atoms with E-state index < -0.39 is 6.04 Å². The predicted octanol–water partition coefficient (Wildman–Crippen LogP) is 3.40. The molecule has 0 aliphatic carbocycles. The monoisotopic (exact) mass is 458 g/mol. The largest absolute Gasteiger partial charge is 0.349 e. The topological polar surface area (TPSA) is 91.4 Å². The summed E-state index contributed by atoms with van der Waals surface area (Å²) >= 11 is 1.54. The van der Waals surface area contributed by atoms with Crippen LogP contribution in [0.15, 0.2) is 35.7 Å². The summed E-state index contributed by atoms with van der Waals surface area (Å²) in [6.45, 7) is 2.41. The Hall–Kier alpha value is -2.58. The molecular weight excluding hydrogens is 424 g/mol. The fourth-order valence-electron chi connectivity index (χ4n) is 3.22. The van der Waals surface area contributed by atoms with E-state index >= 15 is 0 Å². The van der Waals surface area contributed by atoms with Gasteiger partial charge in [0.1, 0.15) is 16.8 Å². The lowest BCUT2D eigenvalue weighted by Crippen LogP contribution is -2.48. The first kappa shape index (κ1) is 25.7. The maximum absolute atomic E-state index is 12.8. The molecular formula is C24H34N4O3S. The molecule has 1 heterocycles. The summed E-state index contributed by atoms with van der Waals surface area (Å²) in [6.07, 6.45) is 4.12. The van der Waals surface area contributed by atoms with Gasteiger partial charge in [-0.3, -0.25) is 14.4 Å². The molecule has 0 saturated heterocycles. The van der Waals surface area contributed by atoms with Crippen molar-refractivity contribution in [2.45, 2.75) is 58.0 Å². The Morgan fingerprint density at radius 1 is 1.09 bits per heavy atom. The molecule has 2 rings (SSSR count). The van der Waals surface area contributed by atoms with Gasteiger partial charge in [0.25, 0.3) is 0 Å². The normalized spacial score (nSPS) is 11.9. The number of benzene rings is 1. The number of Topliss-reactive ketones (excluding diaryl/α,β-unsaturated/α-hetero) is 1. The number of carbonyl (C=O) groups excluding carboxylic acids is 3. The van der Waals surface area contributed by atoms with Crippen molar-refractivity contribution in [3.63, 3.8) is 0 Å². The molecule has 0 radical (unpaired) electrons. The minimum Gasteiger partial charge on any atom is -0.349 e. The second-order valence-corrected chi connectivity index (χ2v) is 8.94. The third kappa shape index (κ3) is 9.28. The van der Waals surface area contributed by atoms with Crippen molar-refractivity contribution in [2.24, 2.45) is 0 Å². The molecule has 2 aromatic rings. The van der Waals surface area contributed by atoms with Gasteiger partial charge in [-0.2, -0.15) is 0 Å². The quantitative estimate of drug-likeness (QED) is 0.424. The van der Waals surface area contributed by atoms with Crippen molar-refractivity contribution < 1.29 is 14.4 Å². The van der Waals surface area contributed by atoms with Gasteiger partial charge in [-0.1, -0.05) is 50.1 Å². The first-order valence-electron chi connectivity index (χ1n) is 11.1. The first-order valence-corrected chi connectivity index (χ1v) is 12.0. The molecule has 0 saturated carbocycles. The highest BCUT2D eigenvalue weighted by Crippen LogP contribution is 2.23. The summed E-state index contributed by atoms with van der Waals surface area (Å²) in [7, 11) is 3.62. The van der Waals surface area contributed by atoms with Gasteiger partial charge >= 0.3 is 0 Å². The number of amides is 2. The van der Waals surface area contributed by atoms with E-state index in [1.54, 1.807) is 4.90 Å². The predicted molar refractivity (Wildman–Crippen MR) is 128 cm³/mol. The Labute approximate surface area is 194 Å². The minimum atomic E-state index is -0.600.